The minimum atomic E-state index is -0.214. The van der Waals surface area contributed by atoms with Gasteiger partial charge in [0.25, 0.3) is 5.91 Å². The third-order valence-corrected chi connectivity index (χ3v) is 6.04. The maximum Gasteiger partial charge on any atom is 0.262 e. The molecule has 0 radical (unpaired) electrons. The second-order valence-electron chi connectivity index (χ2n) is 6.51. The first kappa shape index (κ1) is 19.6. The van der Waals surface area contributed by atoms with Crippen LogP contribution in [0.4, 0.5) is 5.69 Å². The van der Waals surface area contributed by atoms with E-state index in [1.165, 1.54) is 5.56 Å². The van der Waals surface area contributed by atoms with Crippen LogP contribution >= 0.6 is 27.3 Å². The lowest BCUT2D eigenvalue weighted by atomic mass is 10.2. The van der Waals surface area contributed by atoms with Crippen LogP contribution in [-0.4, -0.2) is 17.5 Å². The van der Waals surface area contributed by atoms with E-state index in [-0.39, 0.29) is 12.5 Å². The molecule has 0 saturated heterocycles. The largest absolute Gasteiger partial charge is 0.484 e. The number of halogens is 1. The number of carbonyl (C=O) groups excluding carboxylic acids is 1. The number of carbonyl (C=O) groups is 1. The average Bonchev–Trinajstić information content (AvgIpc) is 3.18. The number of aromatic nitrogens is 1. The van der Waals surface area contributed by atoms with Crippen molar-refractivity contribution in [3.63, 3.8) is 0 Å². The highest BCUT2D eigenvalue weighted by Crippen LogP contribution is 2.36. The Morgan fingerprint density at radius 1 is 1.10 bits per heavy atom. The van der Waals surface area contributed by atoms with Crippen LogP contribution in [-0.2, 0) is 11.2 Å². The Morgan fingerprint density at radius 2 is 1.90 bits per heavy atom. The summed E-state index contributed by atoms with van der Waals surface area (Å²) in [4.78, 5) is 17.2. The number of anilines is 1. The van der Waals surface area contributed by atoms with Crippen LogP contribution in [0.5, 0.6) is 5.75 Å². The van der Waals surface area contributed by atoms with Crippen molar-refractivity contribution in [3.8, 4) is 16.3 Å². The fraction of sp³-hybridized carbons (Fsp3) is 0.130. The van der Waals surface area contributed by atoms with Crippen LogP contribution in [0.15, 0.2) is 71.2 Å². The van der Waals surface area contributed by atoms with E-state index in [0.29, 0.717) is 11.4 Å². The summed E-state index contributed by atoms with van der Waals surface area (Å²) < 4.78 is 7.66. The van der Waals surface area contributed by atoms with Crippen molar-refractivity contribution in [2.45, 2.75) is 13.3 Å². The van der Waals surface area contributed by atoms with Gasteiger partial charge in [0.2, 0.25) is 0 Å². The molecule has 0 unspecified atom stereocenters. The zero-order valence-corrected chi connectivity index (χ0v) is 18.2. The SMILES string of the molecule is CCc1ccc(OCC(=O)Nc2ccc(Br)cc2-c2nc3ccccc3s2)cc1. The normalized spacial score (nSPS) is 10.8. The third-order valence-electron chi connectivity index (χ3n) is 4.48. The number of fused-ring (bicyclic) bond motifs is 1. The highest BCUT2D eigenvalue weighted by molar-refractivity contribution is 9.10. The van der Waals surface area contributed by atoms with Crippen LogP contribution in [0.3, 0.4) is 0 Å². The Bertz CT molecular complexity index is 1120. The van der Waals surface area contributed by atoms with E-state index in [0.717, 1.165) is 31.7 Å². The third kappa shape index (κ3) is 4.66. The van der Waals surface area contributed by atoms with Gasteiger partial charge in [-0.05, 0) is 54.4 Å². The number of para-hydroxylation sites is 1. The van der Waals surface area contributed by atoms with Crippen molar-refractivity contribution in [2.75, 3.05) is 11.9 Å². The molecule has 4 aromatic rings. The minimum absolute atomic E-state index is 0.0547. The van der Waals surface area contributed by atoms with E-state index in [1.807, 2.05) is 66.7 Å². The van der Waals surface area contributed by atoms with Crippen molar-refractivity contribution in [2.24, 2.45) is 0 Å². The van der Waals surface area contributed by atoms with Crippen molar-refractivity contribution in [3.05, 3.63) is 76.8 Å². The molecule has 0 bridgehead atoms. The van der Waals surface area contributed by atoms with E-state index in [4.69, 9.17) is 9.72 Å². The Labute approximate surface area is 181 Å². The standard InChI is InChI=1S/C23H19BrN2O2S/c1-2-15-7-10-17(11-8-15)28-14-22(27)25-19-12-9-16(24)13-18(19)23-26-20-5-3-4-6-21(20)29-23/h3-13H,2,14H2,1H3,(H,25,27). The molecule has 4 rings (SSSR count). The van der Waals surface area contributed by atoms with E-state index in [1.54, 1.807) is 11.3 Å². The second kappa shape index (κ2) is 8.76. The second-order valence-corrected chi connectivity index (χ2v) is 8.46. The number of hydrogen-bond acceptors (Lipinski definition) is 4. The van der Waals surface area contributed by atoms with Crippen LogP contribution in [0, 0.1) is 0 Å². The molecule has 3 aromatic carbocycles. The predicted octanol–water partition coefficient (Wildman–Crippen LogP) is 6.31. The van der Waals surface area contributed by atoms with E-state index in [2.05, 4.69) is 28.2 Å². The summed E-state index contributed by atoms with van der Waals surface area (Å²) >= 11 is 5.12. The molecular formula is C23H19BrN2O2S. The van der Waals surface area contributed by atoms with Crippen molar-refractivity contribution >= 4 is 49.1 Å². The van der Waals surface area contributed by atoms with Crippen LogP contribution < -0.4 is 10.1 Å². The summed E-state index contributed by atoms with van der Waals surface area (Å²) in [5.41, 5.74) is 3.77. The molecule has 0 saturated carbocycles. The van der Waals surface area contributed by atoms with Gasteiger partial charge in [0.05, 0.1) is 15.9 Å². The Balaban J connectivity index is 1.51. The minimum Gasteiger partial charge on any atom is -0.484 e. The molecule has 1 N–H and O–H groups in total. The summed E-state index contributed by atoms with van der Waals surface area (Å²) in [7, 11) is 0. The van der Waals surface area contributed by atoms with Gasteiger partial charge in [-0.25, -0.2) is 4.98 Å². The smallest absolute Gasteiger partial charge is 0.262 e. The molecule has 1 heterocycles. The summed E-state index contributed by atoms with van der Waals surface area (Å²) in [6, 6.07) is 21.5. The van der Waals surface area contributed by atoms with Gasteiger partial charge in [-0.15, -0.1) is 11.3 Å². The lowest BCUT2D eigenvalue weighted by Crippen LogP contribution is -2.20. The van der Waals surface area contributed by atoms with Crippen molar-refractivity contribution in [1.29, 1.82) is 0 Å². The monoisotopic (exact) mass is 466 g/mol. The lowest BCUT2D eigenvalue weighted by molar-refractivity contribution is -0.118. The van der Waals surface area contributed by atoms with Gasteiger partial charge in [0, 0.05) is 10.0 Å². The van der Waals surface area contributed by atoms with Gasteiger partial charge in [-0.2, -0.15) is 0 Å². The number of nitrogens with zero attached hydrogens (tertiary/aromatic N) is 1. The molecule has 0 aliphatic rings. The molecule has 4 nitrogen and oxygen atoms in total. The number of aryl methyl sites for hydroxylation is 1. The number of hydrogen-bond donors (Lipinski definition) is 1. The molecule has 0 fully saturated rings. The van der Waals surface area contributed by atoms with Crippen LogP contribution in [0.2, 0.25) is 0 Å². The molecule has 1 aromatic heterocycles. The Morgan fingerprint density at radius 3 is 2.66 bits per heavy atom. The average molecular weight is 467 g/mol. The van der Waals surface area contributed by atoms with Gasteiger partial charge < -0.3 is 10.1 Å². The Kier molecular flexibility index (Phi) is 5.92. The van der Waals surface area contributed by atoms with Crippen LogP contribution in [0.1, 0.15) is 12.5 Å². The number of thiazole rings is 1. The van der Waals surface area contributed by atoms with Gasteiger partial charge >= 0.3 is 0 Å². The highest BCUT2D eigenvalue weighted by atomic mass is 79.9. The first-order chi connectivity index (χ1) is 14.1. The quantitative estimate of drug-likeness (QED) is 0.362. The first-order valence-corrected chi connectivity index (χ1v) is 10.9. The molecule has 146 valence electrons. The zero-order chi connectivity index (χ0) is 20.2. The molecule has 0 spiro atoms. The molecule has 0 atom stereocenters. The number of ether oxygens (including phenoxy) is 1. The van der Waals surface area contributed by atoms with Gasteiger partial charge in [-0.3, -0.25) is 4.79 Å². The Hall–Kier alpha value is -2.70. The van der Waals surface area contributed by atoms with Gasteiger partial charge in [-0.1, -0.05) is 47.1 Å². The summed E-state index contributed by atoms with van der Waals surface area (Å²) in [5, 5.41) is 3.82. The topological polar surface area (TPSA) is 51.2 Å². The van der Waals surface area contributed by atoms with Gasteiger partial charge in [0.15, 0.2) is 6.61 Å². The predicted molar refractivity (Wildman–Crippen MR) is 123 cm³/mol. The summed E-state index contributed by atoms with van der Waals surface area (Å²) in [6.07, 6.45) is 0.971. The maximum atomic E-state index is 12.5. The number of benzene rings is 3. The van der Waals surface area contributed by atoms with Crippen molar-refractivity contribution < 1.29 is 9.53 Å². The van der Waals surface area contributed by atoms with Crippen LogP contribution in [0.25, 0.3) is 20.8 Å². The summed E-state index contributed by atoms with van der Waals surface area (Å²) in [5.74, 6) is 0.466. The number of rotatable bonds is 6. The molecule has 0 aliphatic heterocycles. The zero-order valence-electron chi connectivity index (χ0n) is 15.8. The van der Waals surface area contributed by atoms with E-state index in [9.17, 15) is 4.79 Å². The van der Waals surface area contributed by atoms with Crippen molar-refractivity contribution in [1.82, 2.24) is 4.98 Å². The van der Waals surface area contributed by atoms with E-state index >= 15 is 0 Å². The molecule has 6 heteroatoms. The lowest BCUT2D eigenvalue weighted by Gasteiger charge is -2.11. The molecule has 1 amide bonds. The highest BCUT2D eigenvalue weighted by Gasteiger charge is 2.14. The fourth-order valence-electron chi connectivity index (χ4n) is 2.95. The summed E-state index contributed by atoms with van der Waals surface area (Å²) in [6.45, 7) is 2.05. The fourth-order valence-corrected chi connectivity index (χ4v) is 4.30. The number of nitrogens with one attached hydrogen (secondary N) is 1. The molecule has 0 aliphatic carbocycles. The number of amides is 1. The molecule has 29 heavy (non-hydrogen) atoms. The first-order valence-electron chi connectivity index (χ1n) is 9.29. The maximum absolute atomic E-state index is 12.5. The molecular weight excluding hydrogens is 448 g/mol. The van der Waals surface area contributed by atoms with E-state index < -0.39 is 0 Å². The van der Waals surface area contributed by atoms with Gasteiger partial charge in [0.1, 0.15) is 10.8 Å².